The minimum Gasteiger partial charge on any atom is -0.491 e. The second-order valence-electron chi connectivity index (χ2n) is 7.74. The molecule has 0 radical (unpaired) electrons. The SMILES string of the molecule is C[C@@H]1COc2ccc(Cl)cc2C(=O)NCCCCN(C(=O)c2ccc(F)c(Cl)c2)CC(=O)N1. The van der Waals surface area contributed by atoms with Crippen molar-refractivity contribution in [1.29, 1.82) is 0 Å². The highest BCUT2D eigenvalue weighted by atomic mass is 35.5. The summed E-state index contributed by atoms with van der Waals surface area (Å²) in [5.74, 6) is -1.40. The lowest BCUT2D eigenvalue weighted by molar-refractivity contribution is -0.122. The van der Waals surface area contributed by atoms with E-state index in [0.29, 0.717) is 35.7 Å². The van der Waals surface area contributed by atoms with Gasteiger partial charge in [0, 0.05) is 23.7 Å². The van der Waals surface area contributed by atoms with Crippen LogP contribution in [0.2, 0.25) is 10.0 Å². The van der Waals surface area contributed by atoms with Gasteiger partial charge in [0.05, 0.1) is 23.2 Å². The number of nitrogens with zero attached hydrogens (tertiary/aromatic N) is 1. The van der Waals surface area contributed by atoms with Crippen LogP contribution in [0.5, 0.6) is 5.75 Å². The summed E-state index contributed by atoms with van der Waals surface area (Å²) < 4.78 is 19.2. The summed E-state index contributed by atoms with van der Waals surface area (Å²) >= 11 is 11.9. The van der Waals surface area contributed by atoms with E-state index < -0.39 is 17.8 Å². The summed E-state index contributed by atoms with van der Waals surface area (Å²) in [5.41, 5.74) is 0.491. The summed E-state index contributed by atoms with van der Waals surface area (Å²) in [5, 5.41) is 5.85. The molecule has 1 aliphatic rings. The molecule has 1 aliphatic heterocycles. The third kappa shape index (κ3) is 6.82. The van der Waals surface area contributed by atoms with Crippen molar-refractivity contribution >= 4 is 40.9 Å². The van der Waals surface area contributed by atoms with Crippen molar-refractivity contribution in [1.82, 2.24) is 15.5 Å². The first-order valence-electron chi connectivity index (χ1n) is 10.5. The maximum absolute atomic E-state index is 13.5. The zero-order chi connectivity index (χ0) is 24.0. The van der Waals surface area contributed by atoms with E-state index in [1.807, 2.05) is 0 Å². The quantitative estimate of drug-likeness (QED) is 0.631. The Bertz CT molecular complexity index is 1050. The molecule has 2 N–H and O–H groups in total. The predicted molar refractivity (Wildman–Crippen MR) is 123 cm³/mol. The van der Waals surface area contributed by atoms with Gasteiger partial charge in [0.2, 0.25) is 5.91 Å². The molecule has 1 atom stereocenters. The highest BCUT2D eigenvalue weighted by Crippen LogP contribution is 2.23. The first-order chi connectivity index (χ1) is 15.7. The average Bonchev–Trinajstić information content (AvgIpc) is 2.78. The van der Waals surface area contributed by atoms with Gasteiger partial charge in [-0.3, -0.25) is 14.4 Å². The van der Waals surface area contributed by atoms with E-state index in [9.17, 15) is 18.8 Å². The van der Waals surface area contributed by atoms with Crippen LogP contribution >= 0.6 is 23.2 Å². The second-order valence-corrected chi connectivity index (χ2v) is 8.58. The molecule has 1 heterocycles. The van der Waals surface area contributed by atoms with Crippen LogP contribution in [-0.2, 0) is 4.79 Å². The van der Waals surface area contributed by atoms with Crippen LogP contribution < -0.4 is 15.4 Å². The van der Waals surface area contributed by atoms with Crippen LogP contribution in [0.25, 0.3) is 0 Å². The normalized spacial score (nSPS) is 18.2. The van der Waals surface area contributed by atoms with E-state index >= 15 is 0 Å². The molecular weight excluding hydrogens is 472 g/mol. The van der Waals surface area contributed by atoms with Crippen molar-refractivity contribution in [3.05, 3.63) is 63.4 Å². The van der Waals surface area contributed by atoms with Crippen molar-refractivity contribution in [2.45, 2.75) is 25.8 Å². The Morgan fingerprint density at radius 3 is 2.70 bits per heavy atom. The van der Waals surface area contributed by atoms with Crippen molar-refractivity contribution in [2.24, 2.45) is 0 Å². The zero-order valence-corrected chi connectivity index (χ0v) is 19.5. The van der Waals surface area contributed by atoms with E-state index in [2.05, 4.69) is 10.6 Å². The summed E-state index contributed by atoms with van der Waals surface area (Å²) in [4.78, 5) is 39.6. The Kier molecular flexibility index (Phi) is 8.52. The Morgan fingerprint density at radius 2 is 1.94 bits per heavy atom. The number of rotatable bonds is 1. The molecule has 2 aromatic carbocycles. The van der Waals surface area contributed by atoms with Gasteiger partial charge in [-0.25, -0.2) is 4.39 Å². The predicted octanol–water partition coefficient (Wildman–Crippen LogP) is 3.68. The Labute approximate surface area is 201 Å². The van der Waals surface area contributed by atoms with Crippen molar-refractivity contribution in [3.8, 4) is 5.75 Å². The number of ether oxygens (including phenoxy) is 1. The molecule has 7 nitrogen and oxygen atoms in total. The highest BCUT2D eigenvalue weighted by molar-refractivity contribution is 6.31. The number of carbonyl (C=O) groups excluding carboxylic acids is 3. The van der Waals surface area contributed by atoms with Crippen LogP contribution in [0.15, 0.2) is 36.4 Å². The third-order valence-corrected chi connectivity index (χ3v) is 5.54. The molecule has 0 bridgehead atoms. The Balaban J connectivity index is 1.77. The summed E-state index contributed by atoms with van der Waals surface area (Å²) in [6.07, 6.45) is 1.09. The second kappa shape index (κ2) is 11.3. The Morgan fingerprint density at radius 1 is 1.15 bits per heavy atom. The Hall–Kier alpha value is -2.84. The molecule has 2 aromatic rings. The van der Waals surface area contributed by atoms with Gasteiger partial charge in [0.25, 0.3) is 11.8 Å². The zero-order valence-electron chi connectivity index (χ0n) is 18.0. The van der Waals surface area contributed by atoms with Gasteiger partial charge >= 0.3 is 0 Å². The van der Waals surface area contributed by atoms with Crippen molar-refractivity contribution in [2.75, 3.05) is 26.2 Å². The minimum atomic E-state index is -0.630. The van der Waals surface area contributed by atoms with Crippen LogP contribution in [0.3, 0.4) is 0 Å². The molecule has 0 unspecified atom stereocenters. The molecular formula is C23H24Cl2FN3O4. The van der Waals surface area contributed by atoms with Crippen molar-refractivity contribution < 1.29 is 23.5 Å². The maximum Gasteiger partial charge on any atom is 0.255 e. The number of benzene rings is 2. The number of fused-ring (bicyclic) bond motifs is 1. The molecule has 0 spiro atoms. The largest absolute Gasteiger partial charge is 0.491 e. The van der Waals surface area contributed by atoms with E-state index in [1.165, 1.54) is 23.1 Å². The number of carbonyl (C=O) groups is 3. The molecule has 3 rings (SSSR count). The lowest BCUT2D eigenvalue weighted by Crippen LogP contribution is -2.45. The topological polar surface area (TPSA) is 87.7 Å². The lowest BCUT2D eigenvalue weighted by atomic mass is 10.1. The van der Waals surface area contributed by atoms with Gasteiger partial charge in [-0.1, -0.05) is 23.2 Å². The number of halogens is 3. The van der Waals surface area contributed by atoms with E-state index in [4.69, 9.17) is 27.9 Å². The minimum absolute atomic E-state index is 0.106. The fourth-order valence-electron chi connectivity index (χ4n) is 3.34. The maximum atomic E-state index is 13.5. The molecule has 0 aliphatic carbocycles. The first-order valence-corrected chi connectivity index (χ1v) is 11.2. The lowest BCUT2D eigenvalue weighted by Gasteiger charge is -2.23. The van der Waals surface area contributed by atoms with Crippen LogP contribution in [0, 0.1) is 5.82 Å². The number of amides is 3. The molecule has 0 aromatic heterocycles. The van der Waals surface area contributed by atoms with Crippen LogP contribution in [-0.4, -0.2) is 54.9 Å². The first kappa shape index (κ1) is 24.8. The smallest absolute Gasteiger partial charge is 0.255 e. The number of hydrogen-bond donors (Lipinski definition) is 2. The summed E-state index contributed by atoms with van der Waals surface area (Å²) in [7, 11) is 0. The van der Waals surface area contributed by atoms with Gasteiger partial charge in [-0.15, -0.1) is 0 Å². The van der Waals surface area contributed by atoms with Gasteiger partial charge in [-0.05, 0) is 56.2 Å². The molecule has 0 saturated heterocycles. The standard InChI is InChI=1S/C23H24Cl2FN3O4/c1-14-13-33-20-7-5-16(24)11-17(20)22(31)27-8-2-3-9-29(12-21(30)28-14)23(32)15-4-6-19(26)18(25)10-15/h4-7,10-11,14H,2-3,8-9,12-13H2,1H3,(H,27,31)(H,28,30)/t14-/m1/s1. The van der Waals surface area contributed by atoms with Gasteiger partial charge < -0.3 is 20.3 Å². The third-order valence-electron chi connectivity index (χ3n) is 5.01. The number of nitrogens with one attached hydrogen (secondary N) is 2. The monoisotopic (exact) mass is 495 g/mol. The number of hydrogen-bond acceptors (Lipinski definition) is 4. The molecule has 10 heteroatoms. The molecule has 0 fully saturated rings. The summed E-state index contributed by atoms with van der Waals surface area (Å²) in [6, 6.07) is 8.05. The highest BCUT2D eigenvalue weighted by Gasteiger charge is 2.22. The molecule has 3 amide bonds. The van der Waals surface area contributed by atoms with Crippen LogP contribution in [0.4, 0.5) is 4.39 Å². The fourth-order valence-corrected chi connectivity index (χ4v) is 3.70. The fraction of sp³-hybridized carbons (Fsp3) is 0.348. The van der Waals surface area contributed by atoms with Gasteiger partial charge in [0.15, 0.2) is 0 Å². The van der Waals surface area contributed by atoms with Crippen LogP contribution in [0.1, 0.15) is 40.5 Å². The van der Waals surface area contributed by atoms with Gasteiger partial charge in [-0.2, -0.15) is 0 Å². The van der Waals surface area contributed by atoms with Gasteiger partial charge in [0.1, 0.15) is 18.2 Å². The van der Waals surface area contributed by atoms with Crippen molar-refractivity contribution in [3.63, 3.8) is 0 Å². The summed E-state index contributed by atoms with van der Waals surface area (Å²) in [6.45, 7) is 2.30. The van der Waals surface area contributed by atoms with E-state index in [0.717, 1.165) is 6.07 Å². The molecule has 33 heavy (non-hydrogen) atoms. The van der Waals surface area contributed by atoms with E-state index in [-0.39, 0.29) is 42.1 Å². The molecule has 0 saturated carbocycles. The van der Waals surface area contributed by atoms with E-state index in [1.54, 1.807) is 19.1 Å². The molecule has 176 valence electrons. The average molecular weight is 496 g/mol.